The van der Waals surface area contributed by atoms with Crippen LogP contribution in [0.25, 0.3) is 21.5 Å². The molecule has 303 valence electrons. The molecule has 0 aromatic heterocycles. The molecular formula is C50H77ClNiP2+. The van der Waals surface area contributed by atoms with Crippen LogP contribution in [0.15, 0.2) is 54.6 Å². The Morgan fingerprint density at radius 3 is 0.815 bits per heavy atom. The fourth-order valence-corrected chi connectivity index (χ4v) is 22.9. The van der Waals surface area contributed by atoms with Gasteiger partial charge in [-0.25, -0.2) is 0 Å². The molecule has 6 aliphatic carbocycles. The monoisotopic (exact) mass is 832 g/mol. The van der Waals surface area contributed by atoms with Crippen molar-refractivity contribution in [1.82, 2.24) is 0 Å². The van der Waals surface area contributed by atoms with Crippen LogP contribution in [0.1, 0.15) is 193 Å². The number of hydrogen-bond acceptors (Lipinski definition) is 0. The van der Waals surface area contributed by atoms with Crippen molar-refractivity contribution in [2.24, 2.45) is 0 Å². The predicted molar refractivity (Wildman–Crippen MR) is 244 cm³/mol. The Kier molecular flexibility index (Phi) is 19.8. The smallest absolute Gasteiger partial charge is 0.0765 e. The number of fused-ring (bicyclic) bond motifs is 2. The zero-order valence-corrected chi connectivity index (χ0v) is 37.8. The summed E-state index contributed by atoms with van der Waals surface area (Å²) >= 11 is 3.35. The molecule has 0 heterocycles. The fourth-order valence-electron chi connectivity index (χ4n) is 12.4. The second-order valence-electron chi connectivity index (χ2n) is 18.5. The Balaban J connectivity index is 0.000000136. The molecule has 0 aliphatic heterocycles. The molecule has 0 saturated heterocycles. The second kappa shape index (κ2) is 24.7. The van der Waals surface area contributed by atoms with Crippen molar-refractivity contribution in [3.8, 4) is 0 Å². The number of rotatable bonds is 6. The summed E-state index contributed by atoms with van der Waals surface area (Å²) in [6, 6.07) is 22.3. The van der Waals surface area contributed by atoms with Gasteiger partial charge < -0.3 is 0 Å². The molecule has 0 nitrogen and oxygen atoms in total. The van der Waals surface area contributed by atoms with E-state index in [0.29, 0.717) is 0 Å². The van der Waals surface area contributed by atoms with E-state index in [0.717, 1.165) is 0 Å². The van der Waals surface area contributed by atoms with E-state index < -0.39 is 0 Å². The zero-order valence-electron chi connectivity index (χ0n) is 34.1. The van der Waals surface area contributed by atoms with Crippen LogP contribution < -0.4 is 0 Å². The first-order valence-corrected chi connectivity index (χ1v) is 28.3. The van der Waals surface area contributed by atoms with Crippen LogP contribution in [-0.2, 0) is 14.6 Å². The van der Waals surface area contributed by atoms with Gasteiger partial charge in [0.2, 0.25) is 0 Å². The SMILES string of the molecule is C1CCC([PH+](C2CCCCC2)C2CCCCC2)CC1.C1CCC([PH+](C2CCCCC2)C2CCCCC2)CC1.[Cl][Ni].[c-]1c2ccccc2cc2ccccc12. The Bertz CT molecular complexity index is 1180. The van der Waals surface area contributed by atoms with Crippen molar-refractivity contribution < 1.29 is 14.6 Å². The molecule has 0 radical (unpaired) electrons. The molecule has 0 bridgehead atoms. The van der Waals surface area contributed by atoms with Gasteiger partial charge in [0.1, 0.15) is 0 Å². The normalized spacial score (nSPS) is 23.3. The van der Waals surface area contributed by atoms with Crippen LogP contribution in [0.5, 0.6) is 0 Å². The molecule has 0 spiro atoms. The van der Waals surface area contributed by atoms with E-state index in [1.807, 2.05) is 12.1 Å². The van der Waals surface area contributed by atoms with Gasteiger partial charge in [-0.15, -0.1) is 35.0 Å². The summed E-state index contributed by atoms with van der Waals surface area (Å²) in [6.07, 6.45) is 47.6. The van der Waals surface area contributed by atoms with Crippen LogP contribution in [0.2, 0.25) is 0 Å². The molecule has 3 aromatic rings. The molecular weight excluding hydrogens is 757 g/mol. The van der Waals surface area contributed by atoms with E-state index in [2.05, 4.69) is 73.3 Å². The van der Waals surface area contributed by atoms with Gasteiger partial charge in [-0.1, -0.05) is 85.7 Å². The summed E-state index contributed by atoms with van der Waals surface area (Å²) in [6.45, 7) is 0. The zero-order chi connectivity index (χ0) is 37.2. The van der Waals surface area contributed by atoms with Crippen LogP contribution >= 0.6 is 26.0 Å². The van der Waals surface area contributed by atoms with Crippen molar-refractivity contribution >= 4 is 47.6 Å². The molecule has 6 aliphatic rings. The summed E-state index contributed by atoms with van der Waals surface area (Å²) < 4.78 is 0. The average Bonchev–Trinajstić information content (AvgIpc) is 3.27. The third-order valence-corrected chi connectivity index (χ3v) is 24.1. The third-order valence-electron chi connectivity index (χ3n) is 15.0. The van der Waals surface area contributed by atoms with Crippen molar-refractivity contribution in [1.29, 1.82) is 0 Å². The first-order chi connectivity index (χ1) is 26.8. The van der Waals surface area contributed by atoms with Gasteiger partial charge >= 0.3 is 24.8 Å². The quantitative estimate of drug-likeness (QED) is 0.100. The van der Waals surface area contributed by atoms with Gasteiger partial charge in [0.15, 0.2) is 0 Å². The largest absolute Gasteiger partial charge is 0.118 e. The van der Waals surface area contributed by atoms with Gasteiger partial charge in [0.25, 0.3) is 0 Å². The number of hydrogen-bond donors (Lipinski definition) is 0. The molecule has 0 amide bonds. The van der Waals surface area contributed by atoms with Crippen molar-refractivity contribution in [2.45, 2.75) is 227 Å². The Morgan fingerprint density at radius 1 is 0.352 bits per heavy atom. The molecule has 6 saturated carbocycles. The number of halogens is 1. The Hall–Kier alpha value is -0.176. The summed E-state index contributed by atoms with van der Waals surface area (Å²) in [5.41, 5.74) is 7.36. The minimum atomic E-state index is -0.0465. The minimum absolute atomic E-state index is 0.0465. The van der Waals surface area contributed by atoms with Gasteiger partial charge in [-0.3, -0.25) is 0 Å². The van der Waals surface area contributed by atoms with Gasteiger partial charge in [0.05, 0.1) is 34.0 Å². The summed E-state index contributed by atoms with van der Waals surface area (Å²) in [5, 5.41) is 4.88. The van der Waals surface area contributed by atoms with Crippen LogP contribution in [-0.4, -0.2) is 34.0 Å². The van der Waals surface area contributed by atoms with Gasteiger partial charge in [-0.05, 0) is 154 Å². The maximum atomic E-state index is 4.26. The van der Waals surface area contributed by atoms with E-state index >= 15 is 0 Å². The van der Waals surface area contributed by atoms with E-state index in [4.69, 9.17) is 0 Å². The Morgan fingerprint density at radius 2 is 0.574 bits per heavy atom. The standard InChI is InChI=1S/2C18H33P.C14H9.ClH.Ni/c2*1-4-10-16(11-5-1)19(17-12-6-2-7-13-17)18-14-8-3-9-15-18;1-2-6-12-10-14-8-4-3-7-13(14)9-11(12)5-1;;/h2*16-18H,1-15H2;1-9H;1H;/q;;-1;;+1/p+1. The maximum Gasteiger partial charge on any atom is -0.0765 e. The summed E-state index contributed by atoms with van der Waals surface area (Å²) in [5.74, 6) is 0. The van der Waals surface area contributed by atoms with Gasteiger partial charge in [-0.2, -0.15) is 0 Å². The minimum Gasteiger partial charge on any atom is -0.118 e. The van der Waals surface area contributed by atoms with Crippen molar-refractivity contribution in [2.75, 3.05) is 0 Å². The van der Waals surface area contributed by atoms with E-state index in [1.165, 1.54) is 55.5 Å². The van der Waals surface area contributed by atoms with Crippen LogP contribution in [0.3, 0.4) is 0 Å². The topological polar surface area (TPSA) is 0 Å². The summed E-state index contributed by atoms with van der Waals surface area (Å²) in [4.78, 5) is 0. The Labute approximate surface area is 347 Å². The second-order valence-corrected chi connectivity index (χ2v) is 25.4. The molecule has 0 unspecified atom stereocenters. The van der Waals surface area contributed by atoms with Crippen molar-refractivity contribution in [3.05, 3.63) is 60.7 Å². The molecule has 3 aromatic carbocycles. The molecule has 4 heteroatoms. The molecule has 9 rings (SSSR count). The first kappa shape index (κ1) is 43.4. The molecule has 0 atom stereocenters. The third kappa shape index (κ3) is 12.9. The van der Waals surface area contributed by atoms with E-state index in [9.17, 15) is 0 Å². The number of benzene rings is 3. The molecule has 6 fully saturated rings. The fraction of sp³-hybridized carbons (Fsp3) is 0.720. The molecule has 0 N–H and O–H groups in total. The van der Waals surface area contributed by atoms with Gasteiger partial charge in [0, 0.05) is 15.8 Å². The van der Waals surface area contributed by atoms with E-state index in [1.54, 1.807) is 193 Å². The predicted octanol–water partition coefficient (Wildman–Crippen LogP) is 16.9. The van der Waals surface area contributed by atoms with E-state index in [-0.39, 0.29) is 15.8 Å². The average molecular weight is 834 g/mol. The first-order valence-electron chi connectivity index (χ1n) is 23.5. The van der Waals surface area contributed by atoms with Crippen LogP contribution in [0, 0.1) is 6.07 Å². The molecule has 54 heavy (non-hydrogen) atoms. The summed E-state index contributed by atoms with van der Waals surface area (Å²) in [7, 11) is 4.17. The van der Waals surface area contributed by atoms with Crippen molar-refractivity contribution in [3.63, 3.8) is 0 Å². The maximum absolute atomic E-state index is 4.26. The van der Waals surface area contributed by atoms with Crippen LogP contribution in [0.4, 0.5) is 0 Å².